The summed E-state index contributed by atoms with van der Waals surface area (Å²) in [5.74, 6) is -1.15. The van der Waals surface area contributed by atoms with Crippen LogP contribution in [0.2, 0.25) is 0 Å². The zero-order valence-electron chi connectivity index (χ0n) is 19.1. The third kappa shape index (κ3) is 5.08. The molecule has 0 radical (unpaired) electrons. The van der Waals surface area contributed by atoms with Gasteiger partial charge >= 0.3 is 11.9 Å². The lowest BCUT2D eigenvalue weighted by molar-refractivity contribution is 0.0517. The monoisotopic (exact) mass is 451 g/mol. The van der Waals surface area contributed by atoms with Gasteiger partial charge in [0.15, 0.2) is 17.4 Å². The minimum Gasteiger partial charge on any atom is -0.462 e. The van der Waals surface area contributed by atoms with E-state index in [9.17, 15) is 14.4 Å². The average Bonchev–Trinajstić information content (AvgIpc) is 3.10. The molecule has 3 aromatic rings. The van der Waals surface area contributed by atoms with Crippen molar-refractivity contribution in [2.75, 3.05) is 18.5 Å². The van der Waals surface area contributed by atoms with E-state index in [0.717, 1.165) is 11.1 Å². The first-order valence-electron chi connectivity index (χ1n) is 10.5. The number of esters is 2. The van der Waals surface area contributed by atoms with Gasteiger partial charge in [-0.15, -0.1) is 0 Å². The molecule has 0 saturated carbocycles. The molecular weight excluding hydrogens is 426 g/mol. The van der Waals surface area contributed by atoms with Crippen molar-refractivity contribution in [3.8, 4) is 11.4 Å². The van der Waals surface area contributed by atoms with Crippen molar-refractivity contribution in [3.63, 3.8) is 0 Å². The number of anilines is 2. The Bertz CT molecular complexity index is 1210. The van der Waals surface area contributed by atoms with Gasteiger partial charge in [0.1, 0.15) is 16.9 Å². The van der Waals surface area contributed by atoms with Gasteiger partial charge in [-0.1, -0.05) is 23.8 Å². The molecule has 0 aliphatic heterocycles. The van der Waals surface area contributed by atoms with Crippen molar-refractivity contribution in [1.82, 2.24) is 9.97 Å². The number of ether oxygens (including phenoxy) is 2. The lowest BCUT2D eigenvalue weighted by Crippen LogP contribution is -2.14. The van der Waals surface area contributed by atoms with Crippen LogP contribution in [0, 0.1) is 13.8 Å². The Morgan fingerprint density at radius 3 is 2.36 bits per heavy atom. The van der Waals surface area contributed by atoms with E-state index in [1.165, 1.54) is 13.1 Å². The van der Waals surface area contributed by atoms with Crippen LogP contribution in [-0.4, -0.2) is 40.9 Å². The molecule has 0 saturated heterocycles. The largest absolute Gasteiger partial charge is 0.462 e. The van der Waals surface area contributed by atoms with Crippen LogP contribution in [0.5, 0.6) is 0 Å². The summed E-state index contributed by atoms with van der Waals surface area (Å²) in [6.07, 6.45) is 1.34. The SMILES string of the molecule is CCOC(=O)c1cnc(-c2cccc(C)c2)nc1Nc1oc(C)c(C(C)=O)c1C(=O)OCC. The summed E-state index contributed by atoms with van der Waals surface area (Å²) >= 11 is 0. The third-order valence-electron chi connectivity index (χ3n) is 4.71. The van der Waals surface area contributed by atoms with Crippen molar-refractivity contribution in [2.24, 2.45) is 0 Å². The second-order valence-electron chi connectivity index (χ2n) is 7.18. The molecule has 1 aromatic carbocycles. The first-order chi connectivity index (χ1) is 15.8. The highest BCUT2D eigenvalue weighted by Gasteiger charge is 2.29. The Balaban J connectivity index is 2.16. The number of ketones is 1. The molecule has 0 bridgehead atoms. The first-order valence-corrected chi connectivity index (χ1v) is 10.5. The molecule has 0 amide bonds. The number of rotatable bonds is 8. The number of carbonyl (C=O) groups is 3. The molecule has 0 unspecified atom stereocenters. The Hall–Kier alpha value is -4.01. The smallest absolute Gasteiger partial charge is 0.344 e. The minimum atomic E-state index is -0.729. The molecule has 9 heteroatoms. The Morgan fingerprint density at radius 1 is 1.03 bits per heavy atom. The fourth-order valence-electron chi connectivity index (χ4n) is 3.32. The van der Waals surface area contributed by atoms with E-state index in [0.29, 0.717) is 5.82 Å². The standard InChI is InChI=1S/C24H25N3O6/c1-6-31-23(29)17-12-25-20(16-10-8-9-13(3)11-16)26-21(17)27-22-19(24(30)32-7-2)18(14(4)28)15(5)33-22/h8-12H,6-7H2,1-5H3,(H,25,26,27). The summed E-state index contributed by atoms with van der Waals surface area (Å²) in [5.41, 5.74) is 1.83. The highest BCUT2D eigenvalue weighted by Crippen LogP contribution is 2.32. The van der Waals surface area contributed by atoms with Crippen LogP contribution in [0.1, 0.15) is 63.2 Å². The topological polar surface area (TPSA) is 121 Å². The Kier molecular flexibility index (Phi) is 7.22. The van der Waals surface area contributed by atoms with E-state index in [-0.39, 0.29) is 53.1 Å². The molecule has 33 heavy (non-hydrogen) atoms. The third-order valence-corrected chi connectivity index (χ3v) is 4.71. The summed E-state index contributed by atoms with van der Waals surface area (Å²) in [7, 11) is 0. The van der Waals surface area contributed by atoms with Crippen LogP contribution in [0.4, 0.5) is 11.7 Å². The number of hydrogen-bond donors (Lipinski definition) is 1. The lowest BCUT2D eigenvalue weighted by Gasteiger charge is -2.12. The maximum atomic E-state index is 12.6. The van der Waals surface area contributed by atoms with E-state index >= 15 is 0 Å². The number of aromatic nitrogens is 2. The van der Waals surface area contributed by atoms with Crippen molar-refractivity contribution < 1.29 is 28.3 Å². The first kappa shape index (κ1) is 23.6. The molecule has 0 spiro atoms. The van der Waals surface area contributed by atoms with Crippen molar-refractivity contribution in [1.29, 1.82) is 0 Å². The second kappa shape index (κ2) is 10.1. The Labute approximate surface area is 191 Å². The lowest BCUT2D eigenvalue weighted by atomic mass is 10.1. The van der Waals surface area contributed by atoms with E-state index in [1.54, 1.807) is 20.8 Å². The maximum absolute atomic E-state index is 12.6. The van der Waals surface area contributed by atoms with Gasteiger partial charge in [0.05, 0.1) is 18.8 Å². The van der Waals surface area contributed by atoms with Crippen LogP contribution >= 0.6 is 0 Å². The number of Topliss-reactive ketones (excluding diaryl/α,β-unsaturated/α-hetero) is 1. The van der Waals surface area contributed by atoms with Gasteiger partial charge in [-0.3, -0.25) is 4.79 Å². The minimum absolute atomic E-state index is 0.0430. The van der Waals surface area contributed by atoms with E-state index in [2.05, 4.69) is 15.3 Å². The summed E-state index contributed by atoms with van der Waals surface area (Å²) in [4.78, 5) is 46.2. The molecule has 9 nitrogen and oxygen atoms in total. The number of nitrogens with one attached hydrogen (secondary N) is 1. The average molecular weight is 451 g/mol. The van der Waals surface area contributed by atoms with Crippen LogP contribution in [0.25, 0.3) is 11.4 Å². The highest BCUT2D eigenvalue weighted by molar-refractivity contribution is 6.09. The van der Waals surface area contributed by atoms with Gasteiger partial charge in [0.2, 0.25) is 5.88 Å². The zero-order valence-corrected chi connectivity index (χ0v) is 19.1. The zero-order chi connectivity index (χ0) is 24.1. The van der Waals surface area contributed by atoms with Gasteiger partial charge in [-0.05, 0) is 40.7 Å². The van der Waals surface area contributed by atoms with E-state index < -0.39 is 11.9 Å². The van der Waals surface area contributed by atoms with Gasteiger partial charge < -0.3 is 19.2 Å². The number of furan rings is 1. The predicted molar refractivity (Wildman–Crippen MR) is 121 cm³/mol. The molecule has 2 heterocycles. The fraction of sp³-hybridized carbons (Fsp3) is 0.292. The molecule has 0 aliphatic rings. The number of benzene rings is 1. The number of carbonyl (C=O) groups excluding carboxylic acids is 3. The maximum Gasteiger partial charge on any atom is 0.344 e. The number of aryl methyl sites for hydroxylation is 2. The van der Waals surface area contributed by atoms with Crippen molar-refractivity contribution in [2.45, 2.75) is 34.6 Å². The summed E-state index contributed by atoms with van der Waals surface area (Å²) < 4.78 is 15.9. The van der Waals surface area contributed by atoms with Gasteiger partial charge in [0.25, 0.3) is 0 Å². The quantitative estimate of drug-likeness (QED) is 0.385. The number of hydrogen-bond acceptors (Lipinski definition) is 9. The fourth-order valence-corrected chi connectivity index (χ4v) is 3.32. The predicted octanol–water partition coefficient (Wildman–Crippen LogP) is 4.65. The van der Waals surface area contributed by atoms with E-state index in [4.69, 9.17) is 13.9 Å². The highest BCUT2D eigenvalue weighted by atomic mass is 16.5. The summed E-state index contributed by atoms with van der Waals surface area (Å²) in [6, 6.07) is 7.55. The molecule has 1 N–H and O–H groups in total. The Morgan fingerprint density at radius 2 is 1.73 bits per heavy atom. The van der Waals surface area contributed by atoms with Crippen LogP contribution in [0.15, 0.2) is 34.9 Å². The van der Waals surface area contributed by atoms with Gasteiger partial charge in [0, 0.05) is 11.8 Å². The van der Waals surface area contributed by atoms with Gasteiger partial charge in [-0.2, -0.15) is 0 Å². The van der Waals surface area contributed by atoms with Crippen molar-refractivity contribution >= 4 is 29.4 Å². The molecule has 3 rings (SSSR count). The molecule has 2 aromatic heterocycles. The number of nitrogens with zero attached hydrogens (tertiary/aromatic N) is 2. The molecule has 0 aliphatic carbocycles. The summed E-state index contributed by atoms with van der Waals surface area (Å²) in [6.45, 7) is 8.43. The second-order valence-corrected chi connectivity index (χ2v) is 7.18. The van der Waals surface area contributed by atoms with E-state index in [1.807, 2.05) is 31.2 Å². The van der Waals surface area contributed by atoms with Crippen molar-refractivity contribution in [3.05, 3.63) is 58.5 Å². The molecule has 172 valence electrons. The molecule has 0 fully saturated rings. The molecular formula is C24H25N3O6. The van der Waals surface area contributed by atoms with Crippen LogP contribution in [-0.2, 0) is 9.47 Å². The molecule has 0 atom stereocenters. The normalized spacial score (nSPS) is 10.6. The van der Waals surface area contributed by atoms with Gasteiger partial charge in [-0.25, -0.2) is 19.6 Å². The summed E-state index contributed by atoms with van der Waals surface area (Å²) in [5, 5.41) is 2.89. The van der Waals surface area contributed by atoms with Crippen LogP contribution in [0.3, 0.4) is 0 Å². The van der Waals surface area contributed by atoms with Crippen LogP contribution < -0.4 is 5.32 Å².